The first-order valence-electron chi connectivity index (χ1n) is 9.00. The lowest BCUT2D eigenvalue weighted by atomic mass is 10.0. The largest absolute Gasteiger partial charge is 0.508 e. The number of thioether (sulfide) groups is 1. The summed E-state index contributed by atoms with van der Waals surface area (Å²) in [5.74, 6) is 0.895. The van der Waals surface area contributed by atoms with Crippen molar-refractivity contribution >= 4 is 23.2 Å². The lowest BCUT2D eigenvalue weighted by Gasteiger charge is -2.18. The Morgan fingerprint density at radius 1 is 1.14 bits per heavy atom. The maximum absolute atomic E-state index is 12.5. The zero-order chi connectivity index (χ0) is 20.5. The van der Waals surface area contributed by atoms with Gasteiger partial charge in [0.15, 0.2) is 0 Å². The van der Waals surface area contributed by atoms with Gasteiger partial charge in [-0.05, 0) is 37.3 Å². The second-order valence-corrected chi connectivity index (χ2v) is 7.91. The van der Waals surface area contributed by atoms with Gasteiger partial charge in [0.2, 0.25) is 0 Å². The van der Waals surface area contributed by atoms with Crippen molar-refractivity contribution < 1.29 is 19.4 Å². The van der Waals surface area contributed by atoms with Gasteiger partial charge in [0, 0.05) is 28.2 Å². The predicted molar refractivity (Wildman–Crippen MR) is 112 cm³/mol. The van der Waals surface area contributed by atoms with E-state index >= 15 is 0 Å². The zero-order valence-electron chi connectivity index (χ0n) is 15.9. The summed E-state index contributed by atoms with van der Waals surface area (Å²) in [5, 5.41) is 20.7. The summed E-state index contributed by atoms with van der Waals surface area (Å²) in [4.78, 5) is 18.1. The molecule has 0 amide bonds. The molecule has 2 aromatic carbocycles. The molecule has 1 aromatic heterocycles. The van der Waals surface area contributed by atoms with Crippen molar-refractivity contribution in [3.63, 3.8) is 0 Å². The van der Waals surface area contributed by atoms with Gasteiger partial charge < -0.3 is 19.4 Å². The molecule has 0 saturated carbocycles. The minimum absolute atomic E-state index is 0.0419. The molecule has 2 N–H and O–H groups in total. The summed E-state index contributed by atoms with van der Waals surface area (Å²) >= 11 is 1.53. The number of para-hydroxylation sites is 1. The lowest BCUT2D eigenvalue weighted by Crippen LogP contribution is -2.17. The normalized spacial score (nSPS) is 15.9. The van der Waals surface area contributed by atoms with E-state index in [0.29, 0.717) is 34.9 Å². The van der Waals surface area contributed by atoms with Gasteiger partial charge in [0.25, 0.3) is 0 Å². The Hall–Kier alpha value is -3.19. The molecule has 7 heteroatoms. The minimum atomic E-state index is -0.640. The number of aliphatic imine (C=N–C) groups is 1. The van der Waals surface area contributed by atoms with Gasteiger partial charge in [-0.25, -0.2) is 4.79 Å². The van der Waals surface area contributed by atoms with E-state index in [1.54, 1.807) is 32.2 Å². The highest BCUT2D eigenvalue weighted by atomic mass is 32.2. The van der Waals surface area contributed by atoms with Crippen LogP contribution in [-0.4, -0.2) is 23.0 Å². The molecule has 0 spiro atoms. The van der Waals surface area contributed by atoms with Gasteiger partial charge in [0.05, 0.1) is 18.5 Å². The number of hydrogen-bond donors (Lipinski definition) is 2. The second kappa shape index (κ2) is 7.67. The molecule has 0 unspecified atom stereocenters. The van der Waals surface area contributed by atoms with Crippen LogP contribution in [0.4, 0.5) is 5.69 Å². The Labute approximate surface area is 171 Å². The molecule has 0 aliphatic carbocycles. The molecule has 0 saturated heterocycles. The van der Waals surface area contributed by atoms with E-state index in [2.05, 4.69) is 4.99 Å². The molecule has 1 atom stereocenters. The monoisotopic (exact) mass is 409 g/mol. The van der Waals surface area contributed by atoms with Crippen LogP contribution in [0.15, 0.2) is 67.6 Å². The van der Waals surface area contributed by atoms with E-state index in [0.717, 1.165) is 4.90 Å². The molecule has 3 aromatic rings. The van der Waals surface area contributed by atoms with E-state index in [1.165, 1.54) is 17.8 Å². The Bertz CT molecular complexity index is 1170. The van der Waals surface area contributed by atoms with Gasteiger partial charge in [0.1, 0.15) is 28.6 Å². The summed E-state index contributed by atoms with van der Waals surface area (Å²) in [6.45, 7) is 1.60. The maximum atomic E-state index is 12.5. The number of aryl methyl sites for hydroxylation is 1. The number of methoxy groups -OCH3 is 1. The van der Waals surface area contributed by atoms with Crippen molar-refractivity contribution in [3.05, 3.63) is 75.8 Å². The molecule has 148 valence electrons. The molecule has 0 radical (unpaired) electrons. The van der Waals surface area contributed by atoms with Gasteiger partial charge >= 0.3 is 5.63 Å². The summed E-state index contributed by atoms with van der Waals surface area (Å²) < 4.78 is 10.5. The first-order valence-corrected chi connectivity index (χ1v) is 9.88. The van der Waals surface area contributed by atoms with Crippen molar-refractivity contribution in [2.24, 2.45) is 4.99 Å². The second-order valence-electron chi connectivity index (χ2n) is 6.67. The molecule has 29 heavy (non-hydrogen) atoms. The summed E-state index contributed by atoms with van der Waals surface area (Å²) in [7, 11) is 1.56. The Morgan fingerprint density at radius 3 is 2.69 bits per heavy atom. The molecular formula is C22H19NO5S. The van der Waals surface area contributed by atoms with Gasteiger partial charge in [-0.15, -0.1) is 11.8 Å². The average molecular weight is 409 g/mol. The molecule has 0 fully saturated rings. The number of fused-ring (bicyclic) bond motifs is 1. The van der Waals surface area contributed by atoms with E-state index < -0.39 is 5.63 Å². The highest BCUT2D eigenvalue weighted by Gasteiger charge is 2.28. The fourth-order valence-electron chi connectivity index (χ4n) is 3.32. The molecular weight excluding hydrogens is 390 g/mol. The van der Waals surface area contributed by atoms with E-state index in [4.69, 9.17) is 9.15 Å². The van der Waals surface area contributed by atoms with Gasteiger partial charge in [-0.2, -0.15) is 0 Å². The Balaban J connectivity index is 1.89. The van der Waals surface area contributed by atoms with E-state index in [1.807, 2.05) is 24.3 Å². The van der Waals surface area contributed by atoms with Crippen LogP contribution in [-0.2, 0) is 0 Å². The van der Waals surface area contributed by atoms with Gasteiger partial charge in [-0.1, -0.05) is 12.1 Å². The van der Waals surface area contributed by atoms with Crippen molar-refractivity contribution in [1.29, 1.82) is 0 Å². The number of aromatic hydroxyl groups is 2. The van der Waals surface area contributed by atoms with Crippen LogP contribution < -0.4 is 10.4 Å². The van der Waals surface area contributed by atoms with Crippen molar-refractivity contribution in [2.45, 2.75) is 23.5 Å². The van der Waals surface area contributed by atoms with Crippen LogP contribution in [0.1, 0.15) is 28.6 Å². The number of phenols is 1. The third-order valence-electron chi connectivity index (χ3n) is 4.69. The van der Waals surface area contributed by atoms with Crippen LogP contribution in [0.5, 0.6) is 17.2 Å². The van der Waals surface area contributed by atoms with Crippen LogP contribution in [0.2, 0.25) is 0 Å². The molecule has 6 nitrogen and oxygen atoms in total. The third-order valence-corrected chi connectivity index (χ3v) is 6.00. The Kier molecular flexibility index (Phi) is 5.07. The number of rotatable bonds is 3. The number of hydrogen-bond acceptors (Lipinski definition) is 7. The van der Waals surface area contributed by atoms with Crippen LogP contribution in [0, 0.1) is 6.92 Å². The fourth-order valence-corrected chi connectivity index (χ4v) is 4.58. The highest BCUT2D eigenvalue weighted by Crippen LogP contribution is 2.48. The van der Waals surface area contributed by atoms with E-state index in [9.17, 15) is 15.0 Å². The third kappa shape index (κ3) is 3.73. The van der Waals surface area contributed by atoms with Crippen LogP contribution >= 0.6 is 11.8 Å². The summed E-state index contributed by atoms with van der Waals surface area (Å²) in [5.41, 5.74) is 1.16. The standard InChI is InChI=1S/C22H19NO5S/c1-12-9-18(25)21(22(26)28-12)16-11-20(14-10-13(27-2)7-8-17(14)24)29-19-6-4-3-5-15(19)23-16/h3-10,20,24-25H,11H2,1-2H3/t20-/m0/s1. The zero-order valence-corrected chi connectivity index (χ0v) is 16.7. The lowest BCUT2D eigenvalue weighted by molar-refractivity contribution is 0.410. The SMILES string of the molecule is COc1ccc(O)c([C@@H]2CC(c3c(O)cc(C)oc3=O)=Nc3ccccc3S2)c1. The number of ether oxygens (including phenoxy) is 1. The fraction of sp³-hybridized carbons (Fsp3) is 0.182. The quantitative estimate of drug-likeness (QED) is 0.650. The summed E-state index contributed by atoms with van der Waals surface area (Å²) in [6.07, 6.45) is 0.307. The first-order chi connectivity index (χ1) is 14.0. The van der Waals surface area contributed by atoms with Gasteiger partial charge in [-0.3, -0.25) is 4.99 Å². The molecule has 0 bridgehead atoms. The van der Waals surface area contributed by atoms with Crippen molar-refractivity contribution in [1.82, 2.24) is 0 Å². The molecule has 1 aliphatic heterocycles. The predicted octanol–water partition coefficient (Wildman–Crippen LogP) is 4.73. The summed E-state index contributed by atoms with van der Waals surface area (Å²) in [6, 6.07) is 14.0. The van der Waals surface area contributed by atoms with Crippen LogP contribution in [0.3, 0.4) is 0 Å². The van der Waals surface area contributed by atoms with Crippen molar-refractivity contribution in [3.8, 4) is 17.2 Å². The maximum Gasteiger partial charge on any atom is 0.348 e. The first kappa shape index (κ1) is 19.1. The topological polar surface area (TPSA) is 92.3 Å². The smallest absolute Gasteiger partial charge is 0.348 e. The Morgan fingerprint density at radius 2 is 1.93 bits per heavy atom. The molecule has 4 rings (SSSR count). The van der Waals surface area contributed by atoms with Crippen molar-refractivity contribution in [2.75, 3.05) is 7.11 Å². The van der Waals surface area contributed by atoms with Crippen LogP contribution in [0.25, 0.3) is 0 Å². The molecule has 1 aliphatic rings. The molecule has 2 heterocycles. The minimum Gasteiger partial charge on any atom is -0.508 e. The van der Waals surface area contributed by atoms with E-state index in [-0.39, 0.29) is 22.3 Å². The highest BCUT2D eigenvalue weighted by molar-refractivity contribution is 7.99. The number of nitrogens with zero attached hydrogens (tertiary/aromatic N) is 1. The number of benzene rings is 2. The average Bonchev–Trinajstić information content (AvgIpc) is 2.87. The number of phenolic OH excluding ortho intramolecular Hbond substituents is 1.